The molecule has 18 heavy (non-hydrogen) atoms. The minimum absolute atomic E-state index is 0.177. The van der Waals surface area contributed by atoms with Crippen LogP contribution in [0.3, 0.4) is 0 Å². The molecule has 0 unspecified atom stereocenters. The lowest BCUT2D eigenvalue weighted by atomic mass is 9.88. The van der Waals surface area contributed by atoms with E-state index in [0.29, 0.717) is 12.6 Å². The van der Waals surface area contributed by atoms with E-state index in [4.69, 9.17) is 5.73 Å². The Morgan fingerprint density at radius 3 is 2.39 bits per heavy atom. The van der Waals surface area contributed by atoms with Crippen molar-refractivity contribution in [1.29, 1.82) is 0 Å². The van der Waals surface area contributed by atoms with Gasteiger partial charge in [0.1, 0.15) is 0 Å². The van der Waals surface area contributed by atoms with Crippen molar-refractivity contribution in [1.82, 2.24) is 10.2 Å². The minimum Gasteiger partial charge on any atom is -0.369 e. The number of hydrogen-bond donors (Lipinski definition) is 2. The van der Waals surface area contributed by atoms with Crippen LogP contribution in [0.4, 0.5) is 0 Å². The number of carbonyl (C=O) groups is 1. The van der Waals surface area contributed by atoms with Gasteiger partial charge in [-0.2, -0.15) is 0 Å². The Bertz CT molecular complexity index is 258. The van der Waals surface area contributed by atoms with Crippen molar-refractivity contribution < 1.29 is 4.79 Å². The highest BCUT2D eigenvalue weighted by molar-refractivity contribution is 5.75. The van der Waals surface area contributed by atoms with Crippen molar-refractivity contribution in [2.75, 3.05) is 26.2 Å². The van der Waals surface area contributed by atoms with Crippen molar-refractivity contribution in [3.8, 4) is 0 Å². The highest BCUT2D eigenvalue weighted by Gasteiger charge is 2.25. The fraction of sp³-hybridized carbons (Fsp3) is 0.929. The lowest BCUT2D eigenvalue weighted by Crippen LogP contribution is -2.48. The van der Waals surface area contributed by atoms with Crippen LogP contribution >= 0.6 is 0 Å². The highest BCUT2D eigenvalue weighted by Crippen LogP contribution is 2.26. The summed E-state index contributed by atoms with van der Waals surface area (Å²) in [5.74, 6) is 0.609. The molecule has 1 amide bonds. The number of nitrogens with zero attached hydrogens (tertiary/aromatic N) is 1. The maximum absolute atomic E-state index is 11.3. The molecule has 1 aliphatic carbocycles. The molecule has 2 rings (SSSR count). The van der Waals surface area contributed by atoms with Crippen molar-refractivity contribution in [3.05, 3.63) is 0 Å². The lowest BCUT2D eigenvalue weighted by molar-refractivity contribution is -0.120. The van der Waals surface area contributed by atoms with Crippen LogP contribution in [0.2, 0.25) is 0 Å². The molecule has 0 aromatic rings. The van der Waals surface area contributed by atoms with Crippen LogP contribution in [-0.4, -0.2) is 43.0 Å². The van der Waals surface area contributed by atoms with Crippen LogP contribution in [0.5, 0.6) is 0 Å². The van der Waals surface area contributed by atoms with Gasteiger partial charge in [0.15, 0.2) is 0 Å². The summed E-state index contributed by atoms with van der Waals surface area (Å²) >= 11 is 0. The third-order valence-electron chi connectivity index (χ3n) is 4.40. The summed E-state index contributed by atoms with van der Waals surface area (Å²) in [4.78, 5) is 13.6. The molecule has 104 valence electrons. The van der Waals surface area contributed by atoms with Crippen LogP contribution in [0.15, 0.2) is 0 Å². The Labute approximate surface area is 110 Å². The molecule has 3 N–H and O–H groups in total. The molecule has 4 nitrogen and oxygen atoms in total. The van der Waals surface area contributed by atoms with Crippen LogP contribution in [0.25, 0.3) is 0 Å². The standard InChI is InChI=1S/C14H27N3O/c15-14(18)11-17(13-6-8-16-9-7-13)10-12-4-2-1-3-5-12/h12-13,16H,1-11H2,(H2,15,18). The smallest absolute Gasteiger partial charge is 0.231 e. The van der Waals surface area contributed by atoms with Gasteiger partial charge in [-0.25, -0.2) is 0 Å². The first-order valence-corrected chi connectivity index (χ1v) is 7.49. The molecule has 0 bridgehead atoms. The maximum Gasteiger partial charge on any atom is 0.231 e. The van der Waals surface area contributed by atoms with Gasteiger partial charge in [-0.1, -0.05) is 19.3 Å². The van der Waals surface area contributed by atoms with Crippen molar-refractivity contribution in [2.45, 2.75) is 51.0 Å². The Balaban J connectivity index is 1.88. The molecule has 1 aliphatic heterocycles. The molecule has 4 heteroatoms. The largest absolute Gasteiger partial charge is 0.369 e. The van der Waals surface area contributed by atoms with Gasteiger partial charge in [-0.3, -0.25) is 9.69 Å². The van der Waals surface area contributed by atoms with Gasteiger partial charge in [-0.05, 0) is 44.7 Å². The van der Waals surface area contributed by atoms with Gasteiger partial charge in [0.05, 0.1) is 6.54 Å². The molecule has 1 saturated carbocycles. The van der Waals surface area contributed by atoms with E-state index >= 15 is 0 Å². The van der Waals surface area contributed by atoms with Gasteiger partial charge < -0.3 is 11.1 Å². The van der Waals surface area contributed by atoms with Crippen LogP contribution in [0, 0.1) is 5.92 Å². The quantitative estimate of drug-likeness (QED) is 0.771. The van der Waals surface area contributed by atoms with E-state index in [1.165, 1.54) is 32.1 Å². The van der Waals surface area contributed by atoms with Crippen molar-refractivity contribution >= 4 is 5.91 Å². The summed E-state index contributed by atoms with van der Waals surface area (Å²) in [6.07, 6.45) is 9.09. The molecule has 1 saturated heterocycles. The summed E-state index contributed by atoms with van der Waals surface area (Å²) in [6.45, 7) is 3.67. The minimum atomic E-state index is -0.177. The van der Waals surface area contributed by atoms with E-state index in [1.807, 2.05) is 0 Å². The Morgan fingerprint density at radius 1 is 1.11 bits per heavy atom. The molecule has 2 aliphatic rings. The molecule has 2 fully saturated rings. The number of primary amides is 1. The van der Waals surface area contributed by atoms with Crippen LogP contribution < -0.4 is 11.1 Å². The third-order valence-corrected chi connectivity index (χ3v) is 4.40. The summed E-state index contributed by atoms with van der Waals surface area (Å²) in [5, 5.41) is 3.38. The highest BCUT2D eigenvalue weighted by atomic mass is 16.1. The number of nitrogens with two attached hydrogens (primary N) is 1. The van der Waals surface area contributed by atoms with E-state index in [2.05, 4.69) is 10.2 Å². The number of hydrogen-bond acceptors (Lipinski definition) is 3. The lowest BCUT2D eigenvalue weighted by Gasteiger charge is -2.37. The number of rotatable bonds is 5. The topological polar surface area (TPSA) is 58.4 Å². The summed E-state index contributed by atoms with van der Waals surface area (Å²) < 4.78 is 0. The second kappa shape index (κ2) is 7.10. The zero-order chi connectivity index (χ0) is 12.8. The first-order valence-electron chi connectivity index (χ1n) is 7.49. The number of amides is 1. The fourth-order valence-electron chi connectivity index (χ4n) is 3.42. The predicted octanol–water partition coefficient (Wildman–Crippen LogP) is 1.11. The van der Waals surface area contributed by atoms with Crippen LogP contribution in [0.1, 0.15) is 44.9 Å². The molecule has 0 radical (unpaired) electrons. The van der Waals surface area contributed by atoms with Crippen molar-refractivity contribution in [2.24, 2.45) is 11.7 Å². The summed E-state index contributed by atoms with van der Waals surface area (Å²) in [5.41, 5.74) is 5.41. The second-order valence-electron chi connectivity index (χ2n) is 5.88. The zero-order valence-electron chi connectivity index (χ0n) is 11.4. The molecule has 0 aromatic carbocycles. The predicted molar refractivity (Wildman–Crippen MR) is 73.2 cm³/mol. The average Bonchev–Trinajstić information content (AvgIpc) is 2.40. The first-order chi connectivity index (χ1) is 8.75. The van der Waals surface area contributed by atoms with Gasteiger partial charge >= 0.3 is 0 Å². The fourth-order valence-corrected chi connectivity index (χ4v) is 3.42. The Kier molecular flexibility index (Phi) is 5.45. The normalized spacial score (nSPS) is 23.4. The second-order valence-corrected chi connectivity index (χ2v) is 5.88. The average molecular weight is 253 g/mol. The maximum atomic E-state index is 11.3. The van der Waals surface area contributed by atoms with E-state index in [0.717, 1.165) is 38.4 Å². The zero-order valence-corrected chi connectivity index (χ0v) is 11.4. The van der Waals surface area contributed by atoms with Gasteiger partial charge in [0, 0.05) is 12.6 Å². The number of piperidine rings is 1. The van der Waals surface area contributed by atoms with E-state index < -0.39 is 0 Å². The molecule has 1 heterocycles. The van der Waals surface area contributed by atoms with Gasteiger partial charge in [0.25, 0.3) is 0 Å². The number of carbonyl (C=O) groups excluding carboxylic acids is 1. The summed E-state index contributed by atoms with van der Waals surface area (Å²) in [6, 6.07) is 0.556. The SMILES string of the molecule is NC(=O)CN(CC1CCCCC1)C1CCNCC1. The van der Waals surface area contributed by atoms with Gasteiger partial charge in [0.2, 0.25) is 5.91 Å². The van der Waals surface area contributed by atoms with Crippen molar-refractivity contribution in [3.63, 3.8) is 0 Å². The molecular weight excluding hydrogens is 226 g/mol. The Hall–Kier alpha value is -0.610. The monoisotopic (exact) mass is 253 g/mol. The first kappa shape index (κ1) is 13.8. The third kappa shape index (κ3) is 4.25. The molecule has 0 aromatic heterocycles. The van der Waals surface area contributed by atoms with E-state index in [9.17, 15) is 4.79 Å². The number of nitrogens with one attached hydrogen (secondary N) is 1. The molecular formula is C14H27N3O. The van der Waals surface area contributed by atoms with Crippen LogP contribution in [-0.2, 0) is 4.79 Å². The molecule has 0 atom stereocenters. The molecule has 0 spiro atoms. The van der Waals surface area contributed by atoms with E-state index in [1.54, 1.807) is 0 Å². The van der Waals surface area contributed by atoms with E-state index in [-0.39, 0.29) is 5.91 Å². The van der Waals surface area contributed by atoms with Gasteiger partial charge in [-0.15, -0.1) is 0 Å². The Morgan fingerprint density at radius 2 is 1.78 bits per heavy atom. The summed E-state index contributed by atoms with van der Waals surface area (Å²) in [7, 11) is 0.